The molecule has 0 amide bonds. The third-order valence-electron chi connectivity index (χ3n) is 0.258. The van der Waals surface area contributed by atoms with Crippen molar-refractivity contribution < 1.29 is 9.53 Å². The number of rotatable bonds is 1. The number of hydrogen-bond donors (Lipinski definition) is 0. The van der Waals surface area contributed by atoms with Gasteiger partial charge in [0, 0.05) is 15.9 Å². The van der Waals surface area contributed by atoms with Crippen molar-refractivity contribution in [2.24, 2.45) is 0 Å². The predicted octanol–water partition coefficient (Wildman–Crippen LogP) is 1.60. The minimum Gasteiger partial charge on any atom is -0.458 e. The van der Waals surface area contributed by atoms with Crippen molar-refractivity contribution in [1.82, 2.24) is 0 Å². The van der Waals surface area contributed by atoms with Crippen LogP contribution in [0.5, 0.6) is 0 Å². The minimum atomic E-state index is -0.398. The lowest BCUT2D eigenvalue weighted by Crippen LogP contribution is -1.88. The fourth-order valence-corrected chi connectivity index (χ4v) is 0.342. The number of hydrogen-bond acceptors (Lipinski definition) is 2. The quantitative estimate of drug-likeness (QED) is 0.460. The summed E-state index contributed by atoms with van der Waals surface area (Å²) >= 11 is 2.57. The SMILES string of the molecule is CCOC(=O)Br.P. The third kappa shape index (κ3) is 10.7. The topological polar surface area (TPSA) is 26.3 Å². The van der Waals surface area contributed by atoms with Crippen molar-refractivity contribution in [1.29, 1.82) is 0 Å². The van der Waals surface area contributed by atoms with Gasteiger partial charge < -0.3 is 4.74 Å². The summed E-state index contributed by atoms with van der Waals surface area (Å²) in [7, 11) is 0. The summed E-state index contributed by atoms with van der Waals surface area (Å²) in [5.41, 5.74) is 0. The Hall–Kier alpha value is 0.380. The molecular weight excluding hydrogens is 179 g/mol. The van der Waals surface area contributed by atoms with Gasteiger partial charge in [0.2, 0.25) is 0 Å². The molecular formula is C3H8BrO2P. The van der Waals surface area contributed by atoms with Gasteiger partial charge in [0.05, 0.1) is 6.61 Å². The first-order valence-corrected chi connectivity index (χ1v) is 2.39. The number of halogens is 1. The van der Waals surface area contributed by atoms with E-state index in [4.69, 9.17) is 0 Å². The van der Waals surface area contributed by atoms with Crippen molar-refractivity contribution in [3.8, 4) is 0 Å². The van der Waals surface area contributed by atoms with Gasteiger partial charge in [-0.05, 0) is 6.92 Å². The first-order chi connectivity index (χ1) is 2.77. The molecule has 0 heterocycles. The molecule has 1 atom stereocenters. The van der Waals surface area contributed by atoms with Crippen LogP contribution in [0.2, 0.25) is 0 Å². The zero-order chi connectivity index (χ0) is 4.99. The van der Waals surface area contributed by atoms with Crippen LogP contribution in [0.3, 0.4) is 0 Å². The summed E-state index contributed by atoms with van der Waals surface area (Å²) < 4.78 is 4.32. The van der Waals surface area contributed by atoms with E-state index in [-0.39, 0.29) is 9.90 Å². The van der Waals surface area contributed by atoms with E-state index in [9.17, 15) is 4.79 Å². The average molecular weight is 187 g/mol. The maximum atomic E-state index is 9.74. The van der Waals surface area contributed by atoms with Crippen LogP contribution in [-0.4, -0.2) is 11.5 Å². The zero-order valence-corrected chi connectivity index (χ0v) is 7.11. The number of ether oxygens (including phenoxy) is 1. The van der Waals surface area contributed by atoms with E-state index in [1.165, 1.54) is 0 Å². The van der Waals surface area contributed by atoms with Gasteiger partial charge in [-0.1, -0.05) is 0 Å². The van der Waals surface area contributed by atoms with Gasteiger partial charge in [-0.3, -0.25) is 0 Å². The van der Waals surface area contributed by atoms with Crippen molar-refractivity contribution in [3.63, 3.8) is 0 Å². The molecule has 7 heavy (non-hydrogen) atoms. The van der Waals surface area contributed by atoms with E-state index < -0.39 is 4.88 Å². The molecule has 0 aromatic carbocycles. The average Bonchev–Trinajstić information content (AvgIpc) is 1.35. The molecule has 0 radical (unpaired) electrons. The molecule has 0 bridgehead atoms. The molecule has 0 rings (SSSR count). The van der Waals surface area contributed by atoms with Gasteiger partial charge in [0.1, 0.15) is 0 Å². The Bertz CT molecular complexity index is 56.9. The van der Waals surface area contributed by atoms with Crippen LogP contribution in [-0.2, 0) is 4.74 Å². The van der Waals surface area contributed by atoms with Crippen LogP contribution < -0.4 is 0 Å². The van der Waals surface area contributed by atoms with Crippen molar-refractivity contribution in [3.05, 3.63) is 0 Å². The van der Waals surface area contributed by atoms with Crippen molar-refractivity contribution >= 4 is 30.7 Å². The molecule has 0 aliphatic carbocycles. The molecule has 0 aliphatic heterocycles. The van der Waals surface area contributed by atoms with E-state index in [2.05, 4.69) is 20.7 Å². The van der Waals surface area contributed by atoms with Gasteiger partial charge in [0.25, 0.3) is 0 Å². The highest BCUT2D eigenvalue weighted by Crippen LogP contribution is 1.87. The highest BCUT2D eigenvalue weighted by Gasteiger charge is 1.85. The standard InChI is InChI=1S/C3H5BrO2.H3P/c1-2-6-3(4)5;/h2H2,1H3;1H3. The Morgan fingerprint density at radius 2 is 2.29 bits per heavy atom. The Kier molecular flexibility index (Phi) is 9.46. The van der Waals surface area contributed by atoms with E-state index in [0.29, 0.717) is 6.61 Å². The van der Waals surface area contributed by atoms with Crippen molar-refractivity contribution in [2.45, 2.75) is 6.92 Å². The maximum absolute atomic E-state index is 9.74. The Morgan fingerprint density at radius 3 is 2.29 bits per heavy atom. The van der Waals surface area contributed by atoms with Gasteiger partial charge in [-0.15, -0.1) is 0 Å². The number of carbonyl (C=O) groups excluding carboxylic acids is 1. The first-order valence-electron chi connectivity index (χ1n) is 1.59. The van der Waals surface area contributed by atoms with Crippen LogP contribution >= 0.6 is 25.8 Å². The van der Waals surface area contributed by atoms with E-state index in [0.717, 1.165) is 0 Å². The van der Waals surface area contributed by atoms with Crippen LogP contribution in [0.15, 0.2) is 0 Å². The van der Waals surface area contributed by atoms with Gasteiger partial charge in [0.15, 0.2) is 0 Å². The second-order valence-corrected chi connectivity index (χ2v) is 1.32. The van der Waals surface area contributed by atoms with Gasteiger partial charge in [-0.2, -0.15) is 9.90 Å². The molecule has 44 valence electrons. The molecule has 0 aromatic rings. The largest absolute Gasteiger partial charge is 0.458 e. The molecule has 1 unspecified atom stereocenters. The lowest BCUT2D eigenvalue weighted by molar-refractivity contribution is 0.183. The van der Waals surface area contributed by atoms with Crippen LogP contribution in [0, 0.1) is 0 Å². The number of carbonyl (C=O) groups is 1. The molecule has 0 spiro atoms. The predicted molar refractivity (Wildman–Crippen MR) is 37.1 cm³/mol. The molecule has 0 fully saturated rings. The second-order valence-electron chi connectivity index (χ2n) is 0.671. The van der Waals surface area contributed by atoms with Gasteiger partial charge >= 0.3 is 4.88 Å². The smallest absolute Gasteiger partial charge is 0.374 e. The fraction of sp³-hybridized carbons (Fsp3) is 0.667. The highest BCUT2D eigenvalue weighted by molar-refractivity contribution is 9.18. The van der Waals surface area contributed by atoms with Crippen molar-refractivity contribution in [2.75, 3.05) is 6.61 Å². The fourth-order valence-electron chi connectivity index (χ4n) is 0.113. The zero-order valence-electron chi connectivity index (χ0n) is 4.11. The van der Waals surface area contributed by atoms with Crippen LogP contribution in [0.4, 0.5) is 4.79 Å². The summed E-state index contributed by atoms with van der Waals surface area (Å²) in [6, 6.07) is 0. The van der Waals surface area contributed by atoms with Crippen LogP contribution in [0.25, 0.3) is 0 Å². The van der Waals surface area contributed by atoms with E-state index in [1.807, 2.05) is 0 Å². The maximum Gasteiger partial charge on any atom is 0.374 e. The molecule has 0 N–H and O–H groups in total. The normalized spacial score (nSPS) is 6.57. The highest BCUT2D eigenvalue weighted by atomic mass is 79.9. The van der Waals surface area contributed by atoms with Crippen LogP contribution in [0.1, 0.15) is 6.92 Å². The summed E-state index contributed by atoms with van der Waals surface area (Å²) in [5, 5.41) is 0. The summed E-state index contributed by atoms with van der Waals surface area (Å²) in [6.07, 6.45) is 0. The molecule has 0 saturated carbocycles. The Balaban J connectivity index is 0. The Labute approximate surface area is 54.4 Å². The first kappa shape index (κ1) is 10.4. The van der Waals surface area contributed by atoms with Gasteiger partial charge in [-0.25, -0.2) is 4.79 Å². The molecule has 0 aromatic heterocycles. The summed E-state index contributed by atoms with van der Waals surface area (Å²) in [5.74, 6) is 0. The molecule has 4 heteroatoms. The van der Waals surface area contributed by atoms with E-state index >= 15 is 0 Å². The summed E-state index contributed by atoms with van der Waals surface area (Å²) in [6.45, 7) is 2.18. The minimum absolute atomic E-state index is 0. The third-order valence-corrected chi connectivity index (χ3v) is 0.487. The van der Waals surface area contributed by atoms with E-state index in [1.54, 1.807) is 6.92 Å². The lowest BCUT2D eigenvalue weighted by Gasteiger charge is -1.87. The second kappa shape index (κ2) is 6.38. The Morgan fingerprint density at radius 1 is 1.86 bits per heavy atom. The lowest BCUT2D eigenvalue weighted by atomic mass is 10.9. The molecule has 0 aliphatic rings. The monoisotopic (exact) mass is 186 g/mol. The molecule has 2 nitrogen and oxygen atoms in total. The summed E-state index contributed by atoms with van der Waals surface area (Å²) in [4.78, 5) is 9.34. The molecule has 0 saturated heterocycles.